The van der Waals surface area contributed by atoms with E-state index in [-0.39, 0.29) is 12.4 Å². The van der Waals surface area contributed by atoms with Gasteiger partial charge in [-0.2, -0.15) is 0 Å². The molecule has 0 heterocycles. The third-order valence-corrected chi connectivity index (χ3v) is 8.56. The van der Waals surface area contributed by atoms with Crippen LogP contribution in [0, 0.1) is 5.92 Å². The highest BCUT2D eigenvalue weighted by atomic mass is 16.5. The molecule has 0 aromatic heterocycles. The first-order chi connectivity index (χ1) is 20.6. The first-order valence-electron chi connectivity index (χ1n) is 18.6. The van der Waals surface area contributed by atoms with Crippen molar-refractivity contribution in [1.82, 2.24) is 0 Å². The van der Waals surface area contributed by atoms with E-state index in [0.29, 0.717) is 13.0 Å². The first kappa shape index (κ1) is 40.7. The minimum absolute atomic E-state index is 0.152. The van der Waals surface area contributed by atoms with Crippen LogP contribution in [-0.4, -0.2) is 23.7 Å². The highest BCUT2D eigenvalue weighted by Crippen LogP contribution is 2.16. The minimum Gasteiger partial charge on any atom is -0.481 e. The van der Waals surface area contributed by atoms with Crippen molar-refractivity contribution in [2.24, 2.45) is 5.92 Å². The normalized spacial score (nSPS) is 12.2. The van der Waals surface area contributed by atoms with Gasteiger partial charge in [-0.3, -0.25) is 9.59 Å². The van der Waals surface area contributed by atoms with Crippen LogP contribution in [0.25, 0.3) is 0 Å². The molecule has 0 amide bonds. The Morgan fingerprint density at radius 1 is 0.524 bits per heavy atom. The van der Waals surface area contributed by atoms with Crippen LogP contribution in [0.1, 0.15) is 206 Å². The Hall–Kier alpha value is -1.32. The number of carbonyl (C=O) groups excluding carboxylic acids is 1. The van der Waals surface area contributed by atoms with Crippen molar-refractivity contribution in [1.29, 1.82) is 0 Å². The number of carboxylic acid groups (broad SMARTS) is 1. The van der Waals surface area contributed by atoms with Crippen LogP contribution >= 0.6 is 0 Å². The molecule has 1 N–H and O–H groups in total. The molecule has 0 saturated heterocycles. The van der Waals surface area contributed by atoms with E-state index in [0.717, 1.165) is 19.3 Å². The monoisotopic (exact) mass is 593 g/mol. The second-order valence-electron chi connectivity index (χ2n) is 12.8. The number of unbranched alkanes of at least 4 members (excludes halogenated alkanes) is 26. The predicted octanol–water partition coefficient (Wildman–Crippen LogP) is 12.5. The van der Waals surface area contributed by atoms with Crippen LogP contribution in [-0.2, 0) is 14.3 Å². The molecule has 248 valence electrons. The van der Waals surface area contributed by atoms with Gasteiger partial charge in [0.25, 0.3) is 0 Å². The number of hydrogen-bond acceptors (Lipinski definition) is 3. The SMILES string of the molecule is CCCCCCCCCCCCCCCC=CCC(CC(=O)O)C(=O)OCCCCCCCCCCCCCCCC. The predicted molar refractivity (Wildman–Crippen MR) is 181 cm³/mol. The van der Waals surface area contributed by atoms with Crippen LogP contribution in [0.2, 0.25) is 0 Å². The molecule has 0 spiro atoms. The Kier molecular flexibility index (Phi) is 33.1. The molecule has 0 radical (unpaired) electrons. The van der Waals surface area contributed by atoms with Gasteiger partial charge in [-0.25, -0.2) is 0 Å². The number of ether oxygens (including phenoxy) is 1. The van der Waals surface area contributed by atoms with E-state index < -0.39 is 11.9 Å². The minimum atomic E-state index is -0.932. The Labute approximate surface area is 262 Å². The number of esters is 1. The van der Waals surface area contributed by atoms with Crippen LogP contribution in [0.15, 0.2) is 12.2 Å². The maximum absolute atomic E-state index is 12.5. The molecule has 0 saturated carbocycles. The number of carbonyl (C=O) groups is 2. The molecule has 0 aliphatic heterocycles. The Morgan fingerprint density at radius 3 is 1.26 bits per heavy atom. The molecule has 4 heteroatoms. The summed E-state index contributed by atoms with van der Waals surface area (Å²) in [6, 6.07) is 0. The van der Waals surface area contributed by atoms with Crippen LogP contribution < -0.4 is 0 Å². The van der Waals surface area contributed by atoms with Crippen molar-refractivity contribution in [2.45, 2.75) is 206 Å². The molecule has 42 heavy (non-hydrogen) atoms. The van der Waals surface area contributed by atoms with Crippen LogP contribution in [0.5, 0.6) is 0 Å². The topological polar surface area (TPSA) is 63.6 Å². The van der Waals surface area contributed by atoms with Crippen LogP contribution in [0.4, 0.5) is 0 Å². The highest BCUT2D eigenvalue weighted by Gasteiger charge is 2.21. The van der Waals surface area contributed by atoms with E-state index in [1.54, 1.807) is 0 Å². The third kappa shape index (κ3) is 31.6. The Morgan fingerprint density at radius 2 is 0.881 bits per heavy atom. The van der Waals surface area contributed by atoms with E-state index in [9.17, 15) is 14.7 Å². The highest BCUT2D eigenvalue weighted by molar-refractivity contribution is 5.79. The van der Waals surface area contributed by atoms with Crippen LogP contribution in [0.3, 0.4) is 0 Å². The second-order valence-corrected chi connectivity index (χ2v) is 12.8. The fraction of sp³-hybridized carbons (Fsp3) is 0.895. The molecule has 0 aromatic carbocycles. The molecule has 0 aliphatic carbocycles. The van der Waals surface area contributed by atoms with Crippen molar-refractivity contribution in [3.05, 3.63) is 12.2 Å². The Bertz CT molecular complexity index is 600. The molecule has 4 nitrogen and oxygen atoms in total. The zero-order valence-electron chi connectivity index (χ0n) is 28.3. The van der Waals surface area contributed by atoms with Gasteiger partial charge in [0.05, 0.1) is 18.9 Å². The van der Waals surface area contributed by atoms with Gasteiger partial charge in [0.15, 0.2) is 0 Å². The van der Waals surface area contributed by atoms with Gasteiger partial charge < -0.3 is 9.84 Å². The molecule has 0 aromatic rings. The molecule has 1 atom stereocenters. The molecule has 0 rings (SSSR count). The van der Waals surface area contributed by atoms with Crippen molar-refractivity contribution in [3.63, 3.8) is 0 Å². The summed E-state index contributed by atoms with van der Waals surface area (Å²) in [5, 5.41) is 9.24. The number of carboxylic acids is 1. The first-order valence-corrected chi connectivity index (χ1v) is 18.6. The van der Waals surface area contributed by atoms with Gasteiger partial charge in [-0.1, -0.05) is 187 Å². The van der Waals surface area contributed by atoms with Crippen molar-refractivity contribution in [3.8, 4) is 0 Å². The van der Waals surface area contributed by atoms with E-state index in [2.05, 4.69) is 19.9 Å². The molecule has 0 fully saturated rings. The maximum Gasteiger partial charge on any atom is 0.309 e. The maximum atomic E-state index is 12.5. The van der Waals surface area contributed by atoms with Gasteiger partial charge in [0.1, 0.15) is 0 Å². The molecular formula is C38H72O4. The van der Waals surface area contributed by atoms with Crippen molar-refractivity contribution >= 4 is 11.9 Å². The summed E-state index contributed by atoms with van der Waals surface area (Å²) in [5.41, 5.74) is 0. The lowest BCUT2D eigenvalue weighted by atomic mass is 10.0. The third-order valence-electron chi connectivity index (χ3n) is 8.56. The van der Waals surface area contributed by atoms with Crippen molar-refractivity contribution < 1.29 is 19.4 Å². The number of rotatable bonds is 34. The fourth-order valence-corrected chi connectivity index (χ4v) is 5.72. The summed E-state index contributed by atoms with van der Waals surface area (Å²) in [7, 11) is 0. The second kappa shape index (κ2) is 34.2. The summed E-state index contributed by atoms with van der Waals surface area (Å²) in [4.78, 5) is 23.8. The van der Waals surface area contributed by atoms with Gasteiger partial charge >= 0.3 is 11.9 Å². The lowest BCUT2D eigenvalue weighted by Gasteiger charge is -2.12. The van der Waals surface area contributed by atoms with E-state index in [1.165, 1.54) is 161 Å². The molecule has 0 aliphatic rings. The quantitative estimate of drug-likeness (QED) is 0.0458. The van der Waals surface area contributed by atoms with E-state index in [1.807, 2.05) is 6.08 Å². The number of aliphatic carboxylic acids is 1. The molecule has 1 unspecified atom stereocenters. The number of hydrogen-bond donors (Lipinski definition) is 1. The standard InChI is InChI=1S/C38H72O4/c1-3-5-7-9-11-13-15-17-19-20-21-23-25-27-29-31-33-36(35-37(39)40)38(41)42-34-32-30-28-26-24-22-18-16-14-12-10-8-6-4-2/h29,31,36H,3-28,30,32-35H2,1-2H3,(H,39,40). The lowest BCUT2D eigenvalue weighted by Crippen LogP contribution is -2.21. The van der Waals surface area contributed by atoms with Gasteiger partial charge in [0.2, 0.25) is 0 Å². The largest absolute Gasteiger partial charge is 0.481 e. The lowest BCUT2D eigenvalue weighted by molar-refractivity contribution is -0.153. The molecular weight excluding hydrogens is 520 g/mol. The zero-order chi connectivity index (χ0) is 30.8. The summed E-state index contributed by atoms with van der Waals surface area (Å²) in [5.74, 6) is -1.85. The van der Waals surface area contributed by atoms with Crippen molar-refractivity contribution in [2.75, 3.05) is 6.61 Å². The van der Waals surface area contributed by atoms with Gasteiger partial charge in [-0.05, 0) is 25.7 Å². The summed E-state index contributed by atoms with van der Waals surface area (Å²) in [6.45, 7) is 4.95. The average molecular weight is 593 g/mol. The summed E-state index contributed by atoms with van der Waals surface area (Å²) < 4.78 is 5.46. The van der Waals surface area contributed by atoms with Gasteiger partial charge in [0, 0.05) is 0 Å². The van der Waals surface area contributed by atoms with E-state index in [4.69, 9.17) is 4.74 Å². The summed E-state index contributed by atoms with van der Waals surface area (Å²) in [6.07, 6.45) is 41.1. The summed E-state index contributed by atoms with van der Waals surface area (Å²) >= 11 is 0. The van der Waals surface area contributed by atoms with E-state index >= 15 is 0 Å². The zero-order valence-corrected chi connectivity index (χ0v) is 28.3. The number of allylic oxidation sites excluding steroid dienone is 2. The molecule has 0 bridgehead atoms. The Balaban J connectivity index is 3.69. The fourth-order valence-electron chi connectivity index (χ4n) is 5.72. The average Bonchev–Trinajstić information content (AvgIpc) is 2.98. The smallest absolute Gasteiger partial charge is 0.309 e. The van der Waals surface area contributed by atoms with Gasteiger partial charge in [-0.15, -0.1) is 0 Å².